The first-order valence-corrected chi connectivity index (χ1v) is 6.10. The van der Waals surface area contributed by atoms with Crippen LogP contribution < -0.4 is 11.1 Å². The molecule has 1 aromatic rings. The number of hydrogen-bond acceptors (Lipinski definition) is 3. The first-order chi connectivity index (χ1) is 8.65. The van der Waals surface area contributed by atoms with E-state index >= 15 is 0 Å². The van der Waals surface area contributed by atoms with E-state index in [1.807, 2.05) is 6.92 Å². The Kier molecular flexibility index (Phi) is 6.14. The van der Waals surface area contributed by atoms with E-state index in [2.05, 4.69) is 10.5 Å². The van der Waals surface area contributed by atoms with Crippen molar-refractivity contribution in [2.45, 2.75) is 32.2 Å². The van der Waals surface area contributed by atoms with Crippen LogP contribution in [0.2, 0.25) is 0 Å². The van der Waals surface area contributed by atoms with Gasteiger partial charge in [0.15, 0.2) is 0 Å². The number of benzene rings is 1. The van der Waals surface area contributed by atoms with E-state index in [9.17, 15) is 4.39 Å². The number of halogens is 1. The highest BCUT2D eigenvalue weighted by Crippen LogP contribution is 2.04. The van der Waals surface area contributed by atoms with E-state index < -0.39 is 0 Å². The SMILES string of the molecule is CCC(CC(N)=NO)NCCc1ccc(F)cc1. The van der Waals surface area contributed by atoms with Gasteiger partial charge in [-0.2, -0.15) is 0 Å². The third-order valence-electron chi connectivity index (χ3n) is 2.84. The molecule has 4 nitrogen and oxygen atoms in total. The molecule has 0 aliphatic heterocycles. The fourth-order valence-electron chi connectivity index (χ4n) is 1.73. The lowest BCUT2D eigenvalue weighted by molar-refractivity contribution is 0.315. The van der Waals surface area contributed by atoms with Gasteiger partial charge >= 0.3 is 0 Å². The van der Waals surface area contributed by atoms with Crippen molar-refractivity contribution < 1.29 is 9.60 Å². The molecular formula is C13H20FN3O. The zero-order valence-electron chi connectivity index (χ0n) is 10.6. The molecule has 1 aromatic carbocycles. The summed E-state index contributed by atoms with van der Waals surface area (Å²) >= 11 is 0. The summed E-state index contributed by atoms with van der Waals surface area (Å²) in [4.78, 5) is 0. The maximum Gasteiger partial charge on any atom is 0.140 e. The van der Waals surface area contributed by atoms with Crippen molar-refractivity contribution in [3.8, 4) is 0 Å². The maximum absolute atomic E-state index is 12.7. The third-order valence-corrected chi connectivity index (χ3v) is 2.84. The van der Waals surface area contributed by atoms with Crippen LogP contribution in [0.5, 0.6) is 0 Å². The van der Waals surface area contributed by atoms with Crippen molar-refractivity contribution in [1.82, 2.24) is 5.32 Å². The number of nitrogens with one attached hydrogen (secondary N) is 1. The van der Waals surface area contributed by atoms with Crippen molar-refractivity contribution in [3.63, 3.8) is 0 Å². The average molecular weight is 253 g/mol. The summed E-state index contributed by atoms with van der Waals surface area (Å²) in [7, 11) is 0. The Morgan fingerprint density at radius 3 is 2.67 bits per heavy atom. The number of nitrogens with two attached hydrogens (primary N) is 1. The largest absolute Gasteiger partial charge is 0.409 e. The zero-order chi connectivity index (χ0) is 13.4. The van der Waals surface area contributed by atoms with E-state index in [0.29, 0.717) is 6.42 Å². The predicted octanol–water partition coefficient (Wildman–Crippen LogP) is 1.87. The van der Waals surface area contributed by atoms with Gasteiger partial charge < -0.3 is 16.3 Å². The van der Waals surface area contributed by atoms with Crippen LogP contribution in [0.25, 0.3) is 0 Å². The summed E-state index contributed by atoms with van der Waals surface area (Å²) in [6, 6.07) is 6.68. The molecule has 0 fully saturated rings. The number of nitrogens with zero attached hydrogens (tertiary/aromatic N) is 1. The normalized spacial score (nSPS) is 13.6. The molecule has 0 spiro atoms. The molecule has 0 amide bonds. The third kappa shape index (κ3) is 5.14. The number of oxime groups is 1. The van der Waals surface area contributed by atoms with Crippen LogP contribution in [0, 0.1) is 5.82 Å². The Balaban J connectivity index is 2.33. The highest BCUT2D eigenvalue weighted by atomic mass is 19.1. The molecule has 0 saturated carbocycles. The van der Waals surface area contributed by atoms with Gasteiger partial charge in [0.05, 0.1) is 0 Å². The molecule has 0 aliphatic rings. The van der Waals surface area contributed by atoms with E-state index in [4.69, 9.17) is 10.9 Å². The molecule has 0 aromatic heterocycles. The van der Waals surface area contributed by atoms with Gasteiger partial charge in [-0.1, -0.05) is 24.2 Å². The van der Waals surface area contributed by atoms with Gasteiger partial charge in [0, 0.05) is 12.5 Å². The standard InChI is InChI=1S/C13H20FN3O/c1-2-12(9-13(15)17-18)16-8-7-10-3-5-11(14)6-4-10/h3-6,12,16,18H,2,7-9H2,1H3,(H2,15,17). The Morgan fingerprint density at radius 1 is 1.44 bits per heavy atom. The summed E-state index contributed by atoms with van der Waals surface area (Å²) in [6.45, 7) is 2.82. The molecule has 0 aliphatic carbocycles. The molecular weight excluding hydrogens is 233 g/mol. The van der Waals surface area contributed by atoms with Crippen LogP contribution >= 0.6 is 0 Å². The Morgan fingerprint density at radius 2 is 2.11 bits per heavy atom. The minimum absolute atomic E-state index is 0.196. The van der Waals surface area contributed by atoms with Crippen LogP contribution in [-0.4, -0.2) is 23.6 Å². The fraction of sp³-hybridized carbons (Fsp3) is 0.462. The van der Waals surface area contributed by atoms with Crippen molar-refractivity contribution in [1.29, 1.82) is 0 Å². The molecule has 1 unspecified atom stereocenters. The Bertz CT molecular complexity index is 378. The maximum atomic E-state index is 12.7. The van der Waals surface area contributed by atoms with Crippen LogP contribution in [0.1, 0.15) is 25.3 Å². The number of amidine groups is 1. The van der Waals surface area contributed by atoms with Crippen molar-refractivity contribution in [3.05, 3.63) is 35.6 Å². The van der Waals surface area contributed by atoms with Gasteiger partial charge in [-0.15, -0.1) is 0 Å². The van der Waals surface area contributed by atoms with E-state index in [-0.39, 0.29) is 17.7 Å². The highest BCUT2D eigenvalue weighted by Gasteiger charge is 2.07. The van der Waals surface area contributed by atoms with Crippen molar-refractivity contribution >= 4 is 5.84 Å². The lowest BCUT2D eigenvalue weighted by atomic mass is 10.1. The van der Waals surface area contributed by atoms with Crippen LogP contribution in [0.15, 0.2) is 29.4 Å². The monoisotopic (exact) mass is 253 g/mol. The molecule has 1 atom stereocenters. The first-order valence-electron chi connectivity index (χ1n) is 6.10. The smallest absolute Gasteiger partial charge is 0.140 e. The molecule has 0 heterocycles. The average Bonchev–Trinajstić information content (AvgIpc) is 2.39. The highest BCUT2D eigenvalue weighted by molar-refractivity contribution is 5.80. The quantitative estimate of drug-likeness (QED) is 0.301. The van der Waals surface area contributed by atoms with Crippen LogP contribution in [0.4, 0.5) is 4.39 Å². The molecule has 0 bridgehead atoms. The van der Waals surface area contributed by atoms with Crippen LogP contribution in [0.3, 0.4) is 0 Å². The number of hydrogen-bond donors (Lipinski definition) is 3. The molecule has 0 saturated heterocycles. The Hall–Kier alpha value is -1.62. The molecule has 5 heteroatoms. The fourth-order valence-corrected chi connectivity index (χ4v) is 1.73. The van der Waals surface area contributed by atoms with E-state index in [1.54, 1.807) is 12.1 Å². The van der Waals surface area contributed by atoms with Gasteiger partial charge in [-0.3, -0.25) is 0 Å². The number of rotatable bonds is 7. The lowest BCUT2D eigenvalue weighted by Crippen LogP contribution is -2.34. The summed E-state index contributed by atoms with van der Waals surface area (Å²) in [5.74, 6) is 0.0150. The van der Waals surface area contributed by atoms with E-state index in [1.165, 1.54) is 12.1 Å². The van der Waals surface area contributed by atoms with Gasteiger partial charge in [0.1, 0.15) is 11.7 Å². The molecule has 100 valence electrons. The second-order valence-electron chi connectivity index (χ2n) is 4.23. The predicted molar refractivity (Wildman–Crippen MR) is 70.2 cm³/mol. The second-order valence-corrected chi connectivity index (χ2v) is 4.23. The molecule has 18 heavy (non-hydrogen) atoms. The van der Waals surface area contributed by atoms with Gasteiger partial charge in [-0.25, -0.2) is 4.39 Å². The summed E-state index contributed by atoms with van der Waals surface area (Å²) in [5, 5.41) is 14.8. The second kappa shape index (κ2) is 7.66. The molecule has 4 N–H and O–H groups in total. The minimum atomic E-state index is -0.218. The van der Waals surface area contributed by atoms with Crippen molar-refractivity contribution in [2.75, 3.05) is 6.54 Å². The zero-order valence-corrected chi connectivity index (χ0v) is 10.6. The van der Waals surface area contributed by atoms with Crippen LogP contribution in [-0.2, 0) is 6.42 Å². The van der Waals surface area contributed by atoms with Crippen molar-refractivity contribution in [2.24, 2.45) is 10.9 Å². The van der Waals surface area contributed by atoms with Gasteiger partial charge in [-0.05, 0) is 37.1 Å². The first kappa shape index (κ1) is 14.4. The molecule has 1 rings (SSSR count). The van der Waals surface area contributed by atoms with Gasteiger partial charge in [0.2, 0.25) is 0 Å². The lowest BCUT2D eigenvalue weighted by Gasteiger charge is -2.16. The minimum Gasteiger partial charge on any atom is -0.409 e. The summed E-state index contributed by atoms with van der Waals surface area (Å²) in [5.41, 5.74) is 6.55. The summed E-state index contributed by atoms with van der Waals surface area (Å²) in [6.07, 6.45) is 2.25. The topological polar surface area (TPSA) is 70.6 Å². The molecule has 0 radical (unpaired) electrons. The Labute approximate surface area is 107 Å². The van der Waals surface area contributed by atoms with Gasteiger partial charge in [0.25, 0.3) is 0 Å². The van der Waals surface area contributed by atoms with E-state index in [0.717, 1.165) is 24.9 Å². The summed E-state index contributed by atoms with van der Waals surface area (Å²) < 4.78 is 12.7.